The number of rotatable bonds is 2. The predicted molar refractivity (Wildman–Crippen MR) is 99.2 cm³/mol. The number of fused-ring (bicyclic) bond motifs is 1. The van der Waals surface area contributed by atoms with E-state index in [1.165, 1.54) is 6.07 Å². The lowest BCUT2D eigenvalue weighted by Crippen LogP contribution is -1.92. The van der Waals surface area contributed by atoms with Crippen molar-refractivity contribution in [3.63, 3.8) is 0 Å². The second-order valence-corrected chi connectivity index (χ2v) is 5.81. The lowest BCUT2D eigenvalue weighted by Gasteiger charge is -2.14. The molecule has 0 atom stereocenters. The van der Waals surface area contributed by atoms with Crippen molar-refractivity contribution < 1.29 is 4.39 Å². The molecule has 0 saturated carbocycles. The molecule has 0 heterocycles. The number of anilines is 1. The Hall–Kier alpha value is -3.13. The van der Waals surface area contributed by atoms with Crippen molar-refractivity contribution in [2.24, 2.45) is 0 Å². The minimum absolute atomic E-state index is 0.235. The smallest absolute Gasteiger partial charge is 0.123 e. The van der Waals surface area contributed by atoms with Crippen LogP contribution >= 0.6 is 0 Å². The van der Waals surface area contributed by atoms with Gasteiger partial charge in [-0.05, 0) is 45.7 Å². The molecule has 4 rings (SSSR count). The SMILES string of the molecule is Nc1ccccc1-c1cccc2cccc(-c3cccc(F)c3)c12. The van der Waals surface area contributed by atoms with E-state index in [2.05, 4.69) is 18.2 Å². The van der Waals surface area contributed by atoms with Crippen molar-refractivity contribution in [3.05, 3.63) is 90.7 Å². The topological polar surface area (TPSA) is 26.0 Å². The van der Waals surface area contributed by atoms with Crippen molar-refractivity contribution in [1.29, 1.82) is 0 Å². The van der Waals surface area contributed by atoms with Crippen molar-refractivity contribution in [1.82, 2.24) is 0 Å². The first kappa shape index (κ1) is 14.5. The molecule has 4 aromatic carbocycles. The average molecular weight is 313 g/mol. The van der Waals surface area contributed by atoms with Gasteiger partial charge in [-0.2, -0.15) is 0 Å². The quantitative estimate of drug-likeness (QED) is 0.458. The summed E-state index contributed by atoms with van der Waals surface area (Å²) in [6.07, 6.45) is 0. The zero-order valence-electron chi connectivity index (χ0n) is 13.0. The van der Waals surface area contributed by atoms with Crippen molar-refractivity contribution in [3.8, 4) is 22.3 Å². The van der Waals surface area contributed by atoms with E-state index in [0.717, 1.165) is 38.7 Å². The molecule has 0 unspecified atom stereocenters. The van der Waals surface area contributed by atoms with Crippen molar-refractivity contribution in [2.75, 3.05) is 5.73 Å². The predicted octanol–water partition coefficient (Wildman–Crippen LogP) is 5.90. The first-order chi connectivity index (χ1) is 11.7. The summed E-state index contributed by atoms with van der Waals surface area (Å²) in [6, 6.07) is 26.8. The van der Waals surface area contributed by atoms with Gasteiger partial charge in [0.15, 0.2) is 0 Å². The summed E-state index contributed by atoms with van der Waals surface area (Å²) >= 11 is 0. The van der Waals surface area contributed by atoms with Crippen LogP contribution in [-0.4, -0.2) is 0 Å². The van der Waals surface area contributed by atoms with Crippen LogP contribution in [0.3, 0.4) is 0 Å². The monoisotopic (exact) mass is 313 g/mol. The van der Waals surface area contributed by atoms with Gasteiger partial charge in [0, 0.05) is 11.3 Å². The van der Waals surface area contributed by atoms with E-state index >= 15 is 0 Å². The highest BCUT2D eigenvalue weighted by Crippen LogP contribution is 2.38. The molecule has 0 aliphatic rings. The minimum atomic E-state index is -0.235. The van der Waals surface area contributed by atoms with Crippen LogP contribution < -0.4 is 5.73 Å². The number of hydrogen-bond donors (Lipinski definition) is 1. The second-order valence-electron chi connectivity index (χ2n) is 5.81. The van der Waals surface area contributed by atoms with Gasteiger partial charge in [-0.25, -0.2) is 4.39 Å². The van der Waals surface area contributed by atoms with Gasteiger partial charge in [0.05, 0.1) is 0 Å². The molecule has 0 fully saturated rings. The Bertz CT molecular complexity index is 1030. The van der Waals surface area contributed by atoms with Gasteiger partial charge in [0.2, 0.25) is 0 Å². The Morgan fingerprint density at radius 1 is 0.625 bits per heavy atom. The van der Waals surface area contributed by atoms with Crippen LogP contribution in [0, 0.1) is 5.82 Å². The number of nitrogens with two attached hydrogens (primary N) is 1. The summed E-state index contributed by atoms with van der Waals surface area (Å²) in [5, 5.41) is 2.20. The second kappa shape index (κ2) is 5.82. The maximum Gasteiger partial charge on any atom is 0.123 e. The largest absolute Gasteiger partial charge is 0.398 e. The number of benzene rings is 4. The maximum atomic E-state index is 13.7. The lowest BCUT2D eigenvalue weighted by molar-refractivity contribution is 0.628. The molecule has 0 saturated heterocycles. The minimum Gasteiger partial charge on any atom is -0.398 e. The number of hydrogen-bond acceptors (Lipinski definition) is 1. The highest BCUT2D eigenvalue weighted by molar-refractivity contribution is 6.07. The van der Waals surface area contributed by atoms with Crippen LogP contribution in [0.2, 0.25) is 0 Å². The van der Waals surface area contributed by atoms with Gasteiger partial charge >= 0.3 is 0 Å². The molecule has 0 radical (unpaired) electrons. The third-order valence-electron chi connectivity index (χ3n) is 4.29. The number of nitrogen functional groups attached to an aromatic ring is 1. The van der Waals surface area contributed by atoms with Gasteiger partial charge in [-0.3, -0.25) is 0 Å². The maximum absolute atomic E-state index is 13.7. The Kier molecular flexibility index (Phi) is 3.51. The van der Waals surface area contributed by atoms with Gasteiger partial charge in [0.25, 0.3) is 0 Å². The third kappa shape index (κ3) is 2.42. The van der Waals surface area contributed by atoms with E-state index in [1.807, 2.05) is 48.5 Å². The van der Waals surface area contributed by atoms with Crippen LogP contribution in [0.1, 0.15) is 0 Å². The Morgan fingerprint density at radius 2 is 1.29 bits per heavy atom. The molecule has 0 aromatic heterocycles. The van der Waals surface area contributed by atoms with Gasteiger partial charge in [-0.1, -0.05) is 66.7 Å². The molecular formula is C22H16FN. The van der Waals surface area contributed by atoms with Crippen LogP contribution in [-0.2, 0) is 0 Å². The van der Waals surface area contributed by atoms with Gasteiger partial charge in [0.1, 0.15) is 5.82 Å². The molecule has 116 valence electrons. The fourth-order valence-corrected chi connectivity index (χ4v) is 3.20. The normalized spacial score (nSPS) is 10.9. The molecule has 0 bridgehead atoms. The van der Waals surface area contributed by atoms with Crippen molar-refractivity contribution in [2.45, 2.75) is 0 Å². The zero-order chi connectivity index (χ0) is 16.5. The van der Waals surface area contributed by atoms with Crippen molar-refractivity contribution >= 4 is 16.5 Å². The Labute approximate surface area is 140 Å². The van der Waals surface area contributed by atoms with E-state index < -0.39 is 0 Å². The summed E-state index contributed by atoms with van der Waals surface area (Å²) < 4.78 is 13.7. The van der Waals surface area contributed by atoms with E-state index in [4.69, 9.17) is 5.73 Å². The highest BCUT2D eigenvalue weighted by atomic mass is 19.1. The number of para-hydroxylation sites is 1. The van der Waals surface area contributed by atoms with E-state index in [1.54, 1.807) is 12.1 Å². The summed E-state index contributed by atoms with van der Waals surface area (Å²) in [4.78, 5) is 0. The number of halogens is 1. The fraction of sp³-hybridized carbons (Fsp3) is 0. The molecule has 24 heavy (non-hydrogen) atoms. The third-order valence-corrected chi connectivity index (χ3v) is 4.29. The summed E-state index contributed by atoms with van der Waals surface area (Å²) in [5.41, 5.74) is 10.9. The first-order valence-corrected chi connectivity index (χ1v) is 7.86. The van der Waals surface area contributed by atoms with Crippen LogP contribution in [0.5, 0.6) is 0 Å². The van der Waals surface area contributed by atoms with Gasteiger partial charge in [-0.15, -0.1) is 0 Å². The summed E-state index contributed by atoms with van der Waals surface area (Å²) in [6.45, 7) is 0. The molecule has 0 spiro atoms. The van der Waals surface area contributed by atoms with Crippen LogP contribution in [0.15, 0.2) is 84.9 Å². The Balaban J connectivity index is 2.08. The molecule has 0 aliphatic carbocycles. The van der Waals surface area contributed by atoms with E-state index in [0.29, 0.717) is 0 Å². The standard InChI is InChI=1S/C22H16FN/c23-17-9-3-8-16(14-17)18-11-4-6-15-7-5-12-20(22(15)18)19-10-1-2-13-21(19)24/h1-14H,24H2. The molecule has 2 heteroatoms. The molecule has 2 N–H and O–H groups in total. The summed E-state index contributed by atoms with van der Waals surface area (Å²) in [5.74, 6) is -0.235. The van der Waals surface area contributed by atoms with Crippen LogP contribution in [0.25, 0.3) is 33.0 Å². The average Bonchev–Trinajstić information content (AvgIpc) is 2.61. The first-order valence-electron chi connectivity index (χ1n) is 7.86. The molecule has 4 aromatic rings. The molecule has 1 nitrogen and oxygen atoms in total. The van der Waals surface area contributed by atoms with Crippen LogP contribution in [0.4, 0.5) is 10.1 Å². The van der Waals surface area contributed by atoms with E-state index in [9.17, 15) is 4.39 Å². The molecule has 0 aliphatic heterocycles. The van der Waals surface area contributed by atoms with Gasteiger partial charge < -0.3 is 5.73 Å². The fourth-order valence-electron chi connectivity index (χ4n) is 3.20. The Morgan fingerprint density at radius 3 is 2.04 bits per heavy atom. The zero-order valence-corrected chi connectivity index (χ0v) is 13.0. The van der Waals surface area contributed by atoms with E-state index in [-0.39, 0.29) is 5.82 Å². The summed E-state index contributed by atoms with van der Waals surface area (Å²) in [7, 11) is 0. The molecular weight excluding hydrogens is 297 g/mol. The lowest BCUT2D eigenvalue weighted by atomic mass is 9.91. The molecule has 0 amide bonds. The highest BCUT2D eigenvalue weighted by Gasteiger charge is 2.11.